The van der Waals surface area contributed by atoms with E-state index in [0.717, 1.165) is 5.69 Å². The van der Waals surface area contributed by atoms with Crippen molar-refractivity contribution in [2.24, 2.45) is 16.1 Å². The Kier molecular flexibility index (Phi) is 4.15. The lowest BCUT2D eigenvalue weighted by Crippen LogP contribution is -2.58. The summed E-state index contributed by atoms with van der Waals surface area (Å²) in [6.07, 6.45) is 5.14. The Morgan fingerprint density at radius 3 is 2.21 bits per heavy atom. The van der Waals surface area contributed by atoms with Gasteiger partial charge in [0.05, 0.1) is 0 Å². The van der Waals surface area contributed by atoms with E-state index in [1.165, 1.54) is 0 Å². The number of aliphatic imine (C=N–C) groups is 1. The molecule has 1 heterocycles. The van der Waals surface area contributed by atoms with E-state index in [-0.39, 0.29) is 16.9 Å². The van der Waals surface area contributed by atoms with E-state index >= 15 is 0 Å². The molecule has 19 heavy (non-hydrogen) atoms. The molecule has 1 rings (SSSR count). The van der Waals surface area contributed by atoms with Crippen LogP contribution >= 0.6 is 0 Å². The van der Waals surface area contributed by atoms with Crippen LogP contribution in [0.1, 0.15) is 34.6 Å². The second kappa shape index (κ2) is 5.27. The normalized spacial score (nSPS) is 12.9. The lowest BCUT2D eigenvalue weighted by molar-refractivity contribution is 0.231. The molecule has 102 valence electrons. The second-order valence-electron chi connectivity index (χ2n) is 5.92. The smallest absolute Gasteiger partial charge is 0.212 e. The van der Waals surface area contributed by atoms with Crippen molar-refractivity contribution in [1.82, 2.24) is 4.98 Å². The number of anilines is 1. The Bertz CT molecular complexity index is 491. The number of aromatic nitrogens is 1. The van der Waals surface area contributed by atoms with Gasteiger partial charge in [-0.25, -0.2) is 0 Å². The molecule has 0 amide bonds. The topological polar surface area (TPSA) is 78.3 Å². The molecule has 0 radical (unpaired) electrons. The minimum atomic E-state index is -0.321. The van der Waals surface area contributed by atoms with Crippen LogP contribution in [0.15, 0.2) is 29.5 Å². The van der Waals surface area contributed by atoms with E-state index in [4.69, 9.17) is 11.0 Å². The minimum Gasteiger partial charge on any atom is -0.369 e. The number of hydrogen-bond donors (Lipinski definition) is 1. The van der Waals surface area contributed by atoms with Gasteiger partial charge in [-0.1, -0.05) is 20.8 Å². The van der Waals surface area contributed by atoms with Crippen LogP contribution in [0.2, 0.25) is 0 Å². The summed E-state index contributed by atoms with van der Waals surface area (Å²) >= 11 is 0. The van der Waals surface area contributed by atoms with Crippen molar-refractivity contribution in [2.45, 2.75) is 40.2 Å². The number of nitrogens with zero attached hydrogens (tertiary/aromatic N) is 4. The summed E-state index contributed by atoms with van der Waals surface area (Å²) in [5.74, 6) is 0.189. The maximum absolute atomic E-state index is 8.74. The van der Waals surface area contributed by atoms with Crippen molar-refractivity contribution >= 4 is 11.6 Å². The molecule has 0 aliphatic heterocycles. The monoisotopic (exact) mass is 259 g/mol. The third-order valence-electron chi connectivity index (χ3n) is 3.71. The molecule has 1 aromatic heterocycles. The van der Waals surface area contributed by atoms with Gasteiger partial charge in [0.25, 0.3) is 0 Å². The predicted octanol–water partition coefficient (Wildman–Crippen LogP) is 2.51. The first kappa shape index (κ1) is 15.0. The number of nitrogens with two attached hydrogens (primary N) is 1. The van der Waals surface area contributed by atoms with Crippen LogP contribution in [0.4, 0.5) is 5.69 Å². The molecule has 0 unspecified atom stereocenters. The molecule has 0 fully saturated rings. The molecule has 0 saturated carbocycles. The Morgan fingerprint density at radius 1 is 1.26 bits per heavy atom. The molecule has 0 aliphatic rings. The summed E-state index contributed by atoms with van der Waals surface area (Å²) in [5, 5.41) is 8.74. The average molecular weight is 259 g/mol. The van der Waals surface area contributed by atoms with Crippen molar-refractivity contribution in [3.05, 3.63) is 24.5 Å². The Labute approximate surface area is 114 Å². The third kappa shape index (κ3) is 3.02. The van der Waals surface area contributed by atoms with Gasteiger partial charge in [0, 0.05) is 23.6 Å². The first-order valence-electron chi connectivity index (χ1n) is 6.14. The Morgan fingerprint density at radius 2 is 1.79 bits per heavy atom. The number of nitriles is 1. The van der Waals surface area contributed by atoms with Crippen molar-refractivity contribution in [1.29, 1.82) is 5.26 Å². The van der Waals surface area contributed by atoms with E-state index in [2.05, 4.69) is 44.6 Å². The summed E-state index contributed by atoms with van der Waals surface area (Å²) in [5.41, 5.74) is 6.46. The molecular weight excluding hydrogens is 238 g/mol. The highest BCUT2D eigenvalue weighted by Gasteiger charge is 2.40. The maximum Gasteiger partial charge on any atom is 0.212 e. The van der Waals surface area contributed by atoms with Crippen molar-refractivity contribution in [2.75, 3.05) is 4.90 Å². The predicted molar refractivity (Wildman–Crippen MR) is 77.5 cm³/mol. The molecule has 0 bridgehead atoms. The quantitative estimate of drug-likeness (QED) is 0.503. The lowest BCUT2D eigenvalue weighted by atomic mass is 9.75. The lowest BCUT2D eigenvalue weighted by Gasteiger charge is -2.48. The van der Waals surface area contributed by atoms with E-state index in [0.29, 0.717) is 0 Å². The van der Waals surface area contributed by atoms with Gasteiger partial charge in [-0.3, -0.25) is 4.98 Å². The van der Waals surface area contributed by atoms with E-state index in [1.807, 2.05) is 17.0 Å². The van der Waals surface area contributed by atoms with Crippen molar-refractivity contribution in [3.63, 3.8) is 0 Å². The van der Waals surface area contributed by atoms with Gasteiger partial charge in [0.1, 0.15) is 0 Å². The van der Waals surface area contributed by atoms with E-state index < -0.39 is 0 Å². The number of pyridine rings is 1. The fourth-order valence-electron chi connectivity index (χ4n) is 1.67. The zero-order valence-corrected chi connectivity index (χ0v) is 12.2. The second-order valence-corrected chi connectivity index (χ2v) is 5.92. The first-order valence-corrected chi connectivity index (χ1v) is 6.14. The maximum atomic E-state index is 8.74. The van der Waals surface area contributed by atoms with Crippen LogP contribution in [-0.4, -0.2) is 16.5 Å². The van der Waals surface area contributed by atoms with Crippen LogP contribution in [-0.2, 0) is 0 Å². The summed E-state index contributed by atoms with van der Waals surface area (Å²) in [6, 6.07) is 3.71. The third-order valence-corrected chi connectivity index (χ3v) is 3.71. The van der Waals surface area contributed by atoms with Gasteiger partial charge in [0.15, 0.2) is 0 Å². The van der Waals surface area contributed by atoms with Crippen LogP contribution in [0.5, 0.6) is 0 Å². The molecule has 5 heteroatoms. The molecule has 0 spiro atoms. The Hall–Kier alpha value is -2.09. The SMILES string of the molecule is CC(C)(C)C(C)(C)N(C(N)=NC#N)c1ccncc1. The molecule has 0 aliphatic carbocycles. The summed E-state index contributed by atoms with van der Waals surface area (Å²) in [7, 11) is 0. The van der Waals surface area contributed by atoms with E-state index in [9.17, 15) is 0 Å². The van der Waals surface area contributed by atoms with Gasteiger partial charge < -0.3 is 10.6 Å². The standard InChI is InChI=1S/C14H21N5/c1-13(2,3)14(4,5)19(12(16)18-10-15)11-6-8-17-9-7-11/h6-9H,1-5H3,(H2,16,18). The molecule has 0 aromatic carbocycles. The minimum absolute atomic E-state index is 0.0636. The van der Waals surface area contributed by atoms with Crippen LogP contribution in [0.25, 0.3) is 0 Å². The molecule has 2 N–H and O–H groups in total. The summed E-state index contributed by atoms with van der Waals surface area (Å²) < 4.78 is 0. The summed E-state index contributed by atoms with van der Waals surface area (Å²) in [6.45, 7) is 10.5. The molecule has 5 nitrogen and oxygen atoms in total. The van der Waals surface area contributed by atoms with Crippen molar-refractivity contribution in [3.8, 4) is 6.19 Å². The Balaban J connectivity index is 3.39. The van der Waals surface area contributed by atoms with Gasteiger partial charge in [-0.2, -0.15) is 5.26 Å². The van der Waals surface area contributed by atoms with Crippen molar-refractivity contribution < 1.29 is 0 Å². The van der Waals surface area contributed by atoms with Crippen LogP contribution < -0.4 is 10.6 Å². The zero-order chi connectivity index (χ0) is 14.7. The fourth-order valence-corrected chi connectivity index (χ4v) is 1.67. The van der Waals surface area contributed by atoms with Gasteiger partial charge in [-0.15, -0.1) is 4.99 Å². The highest BCUT2D eigenvalue weighted by Crippen LogP contribution is 2.37. The fraction of sp³-hybridized carbons (Fsp3) is 0.500. The number of rotatable bonds is 2. The van der Waals surface area contributed by atoms with Crippen LogP contribution in [0.3, 0.4) is 0 Å². The molecular formula is C14H21N5. The molecule has 0 atom stereocenters. The zero-order valence-electron chi connectivity index (χ0n) is 12.2. The number of guanidine groups is 1. The summed E-state index contributed by atoms with van der Waals surface area (Å²) in [4.78, 5) is 9.56. The largest absolute Gasteiger partial charge is 0.369 e. The van der Waals surface area contributed by atoms with Gasteiger partial charge in [0.2, 0.25) is 12.2 Å². The van der Waals surface area contributed by atoms with E-state index in [1.54, 1.807) is 18.6 Å². The van der Waals surface area contributed by atoms with Gasteiger partial charge >= 0.3 is 0 Å². The van der Waals surface area contributed by atoms with Gasteiger partial charge in [-0.05, 0) is 31.4 Å². The average Bonchev–Trinajstić information content (AvgIpc) is 2.29. The highest BCUT2D eigenvalue weighted by molar-refractivity contribution is 5.96. The van der Waals surface area contributed by atoms with Crippen LogP contribution in [0, 0.1) is 16.9 Å². The first-order chi connectivity index (χ1) is 8.71. The number of hydrogen-bond acceptors (Lipinski definition) is 3. The molecule has 1 aromatic rings. The highest BCUT2D eigenvalue weighted by atomic mass is 15.3. The molecule has 0 saturated heterocycles.